The molecule has 1 heterocycles. The van der Waals surface area contributed by atoms with Crippen molar-refractivity contribution in [3.05, 3.63) is 66.0 Å². The van der Waals surface area contributed by atoms with Crippen LogP contribution in [-0.4, -0.2) is 22.5 Å². The highest BCUT2D eigenvalue weighted by Crippen LogP contribution is 2.30. The smallest absolute Gasteiger partial charge is 0.340 e. The minimum Gasteiger partial charge on any atom is -0.462 e. The number of anilines is 5. The third-order valence-corrected chi connectivity index (χ3v) is 4.40. The first-order valence-electron chi connectivity index (χ1n) is 9.50. The molecule has 0 amide bonds. The van der Waals surface area contributed by atoms with Crippen molar-refractivity contribution in [1.29, 1.82) is 0 Å². The van der Waals surface area contributed by atoms with Gasteiger partial charge in [0.1, 0.15) is 12.0 Å². The van der Waals surface area contributed by atoms with Crippen LogP contribution in [0, 0.1) is 0 Å². The Labute approximate surface area is 170 Å². The molecule has 0 unspecified atom stereocenters. The van der Waals surface area contributed by atoms with Gasteiger partial charge in [0, 0.05) is 5.69 Å². The Bertz CT molecular complexity index is 987. The number of nitrogen functional groups attached to an aromatic ring is 1. The summed E-state index contributed by atoms with van der Waals surface area (Å²) in [6.45, 7) is 6.36. The number of rotatable bonds is 7. The number of nitrogens with one attached hydrogen (secondary N) is 2. The maximum atomic E-state index is 12.2. The predicted octanol–water partition coefficient (Wildman–Crippen LogP) is 4.85. The van der Waals surface area contributed by atoms with Crippen molar-refractivity contribution in [1.82, 2.24) is 9.97 Å². The zero-order valence-electron chi connectivity index (χ0n) is 16.8. The standard InChI is InChI=1S/C22H25N5O2/c1-4-29-22(28)17-7-5-6-8-18(17)27-21-19(23)20(24-13-25-21)26-16-11-9-15(10-12-16)14(2)3/h5-14H,4,23H2,1-3H3,(H2,24,25,26,27). The van der Waals surface area contributed by atoms with E-state index in [0.29, 0.717) is 41.1 Å². The van der Waals surface area contributed by atoms with Crippen molar-refractivity contribution in [3.63, 3.8) is 0 Å². The number of carbonyl (C=O) groups excluding carboxylic acids is 1. The molecule has 2 aromatic carbocycles. The minimum absolute atomic E-state index is 0.298. The molecule has 0 aliphatic rings. The van der Waals surface area contributed by atoms with E-state index in [4.69, 9.17) is 10.5 Å². The Balaban J connectivity index is 1.84. The molecule has 3 rings (SSSR count). The first kappa shape index (κ1) is 20.1. The molecule has 29 heavy (non-hydrogen) atoms. The molecule has 7 nitrogen and oxygen atoms in total. The summed E-state index contributed by atoms with van der Waals surface area (Å²) in [6, 6.07) is 15.2. The highest BCUT2D eigenvalue weighted by Gasteiger charge is 2.15. The number of carbonyl (C=O) groups is 1. The molecule has 0 bridgehead atoms. The number of para-hydroxylation sites is 1. The van der Waals surface area contributed by atoms with Gasteiger partial charge in [0.15, 0.2) is 11.6 Å². The molecule has 150 valence electrons. The minimum atomic E-state index is -0.410. The van der Waals surface area contributed by atoms with Crippen LogP contribution in [0.1, 0.15) is 42.6 Å². The molecule has 4 N–H and O–H groups in total. The fourth-order valence-electron chi connectivity index (χ4n) is 2.79. The molecular weight excluding hydrogens is 366 g/mol. The number of hydrogen-bond donors (Lipinski definition) is 3. The van der Waals surface area contributed by atoms with Crippen LogP contribution in [0.5, 0.6) is 0 Å². The summed E-state index contributed by atoms with van der Waals surface area (Å²) < 4.78 is 5.11. The van der Waals surface area contributed by atoms with E-state index in [1.54, 1.807) is 25.1 Å². The first-order chi connectivity index (χ1) is 14.0. The van der Waals surface area contributed by atoms with Crippen LogP contribution in [0.15, 0.2) is 54.9 Å². The van der Waals surface area contributed by atoms with Crippen LogP contribution in [0.3, 0.4) is 0 Å². The normalized spacial score (nSPS) is 10.6. The van der Waals surface area contributed by atoms with Crippen LogP contribution in [0.25, 0.3) is 0 Å². The molecular formula is C22H25N5O2. The number of nitrogens with two attached hydrogens (primary N) is 1. The maximum Gasteiger partial charge on any atom is 0.340 e. The van der Waals surface area contributed by atoms with Gasteiger partial charge >= 0.3 is 5.97 Å². The third kappa shape index (κ3) is 4.82. The molecule has 0 radical (unpaired) electrons. The number of esters is 1. The van der Waals surface area contributed by atoms with Gasteiger partial charge in [-0.05, 0) is 42.7 Å². The maximum absolute atomic E-state index is 12.2. The number of aromatic nitrogens is 2. The second-order valence-electron chi connectivity index (χ2n) is 6.78. The Kier molecular flexibility index (Phi) is 6.29. The fourth-order valence-corrected chi connectivity index (χ4v) is 2.79. The van der Waals surface area contributed by atoms with E-state index in [0.717, 1.165) is 5.69 Å². The molecule has 1 aromatic heterocycles. The zero-order chi connectivity index (χ0) is 20.8. The van der Waals surface area contributed by atoms with E-state index in [2.05, 4.69) is 46.6 Å². The van der Waals surface area contributed by atoms with E-state index in [-0.39, 0.29) is 0 Å². The zero-order valence-corrected chi connectivity index (χ0v) is 16.8. The molecule has 7 heteroatoms. The lowest BCUT2D eigenvalue weighted by atomic mass is 10.0. The summed E-state index contributed by atoms with van der Waals surface area (Å²) in [5.41, 5.74) is 9.72. The summed E-state index contributed by atoms with van der Waals surface area (Å²) in [5, 5.41) is 6.33. The molecule has 0 spiro atoms. The molecule has 0 atom stereocenters. The second kappa shape index (κ2) is 9.05. The number of hydrogen-bond acceptors (Lipinski definition) is 7. The van der Waals surface area contributed by atoms with E-state index in [1.807, 2.05) is 18.2 Å². The quantitative estimate of drug-likeness (QED) is 0.495. The number of ether oxygens (including phenoxy) is 1. The summed E-state index contributed by atoms with van der Waals surface area (Å²) >= 11 is 0. The lowest BCUT2D eigenvalue weighted by molar-refractivity contribution is 0.0527. The van der Waals surface area contributed by atoms with Crippen molar-refractivity contribution in [2.45, 2.75) is 26.7 Å². The van der Waals surface area contributed by atoms with Crippen LogP contribution >= 0.6 is 0 Å². The van der Waals surface area contributed by atoms with Gasteiger partial charge in [-0.25, -0.2) is 14.8 Å². The van der Waals surface area contributed by atoms with Gasteiger partial charge < -0.3 is 21.1 Å². The van der Waals surface area contributed by atoms with Gasteiger partial charge in [-0.2, -0.15) is 0 Å². The first-order valence-corrected chi connectivity index (χ1v) is 9.50. The molecule has 0 saturated heterocycles. The van der Waals surface area contributed by atoms with Gasteiger partial charge in [0.05, 0.1) is 17.9 Å². The summed E-state index contributed by atoms with van der Waals surface area (Å²) in [6.07, 6.45) is 1.41. The number of nitrogens with zero attached hydrogens (tertiary/aromatic N) is 2. The second-order valence-corrected chi connectivity index (χ2v) is 6.78. The van der Waals surface area contributed by atoms with Crippen LogP contribution < -0.4 is 16.4 Å². The lowest BCUT2D eigenvalue weighted by Crippen LogP contribution is -2.10. The molecule has 0 saturated carbocycles. The largest absolute Gasteiger partial charge is 0.462 e. The highest BCUT2D eigenvalue weighted by atomic mass is 16.5. The summed E-state index contributed by atoms with van der Waals surface area (Å²) in [4.78, 5) is 20.6. The third-order valence-electron chi connectivity index (χ3n) is 4.40. The summed E-state index contributed by atoms with van der Waals surface area (Å²) in [7, 11) is 0. The fraction of sp³-hybridized carbons (Fsp3) is 0.227. The van der Waals surface area contributed by atoms with Crippen molar-refractivity contribution in [3.8, 4) is 0 Å². The molecule has 0 fully saturated rings. The van der Waals surface area contributed by atoms with Crippen LogP contribution in [0.2, 0.25) is 0 Å². The topological polar surface area (TPSA) is 102 Å². The van der Waals surface area contributed by atoms with Gasteiger partial charge in [0.25, 0.3) is 0 Å². The van der Waals surface area contributed by atoms with Crippen molar-refractivity contribution in [2.75, 3.05) is 23.0 Å². The van der Waals surface area contributed by atoms with Crippen LogP contribution in [-0.2, 0) is 4.74 Å². The van der Waals surface area contributed by atoms with E-state index >= 15 is 0 Å². The average molecular weight is 391 g/mol. The van der Waals surface area contributed by atoms with Crippen LogP contribution in [0.4, 0.5) is 28.7 Å². The van der Waals surface area contributed by atoms with E-state index in [9.17, 15) is 4.79 Å². The van der Waals surface area contributed by atoms with Gasteiger partial charge in [-0.15, -0.1) is 0 Å². The number of benzene rings is 2. The Hall–Kier alpha value is -3.61. The van der Waals surface area contributed by atoms with Crippen molar-refractivity contribution < 1.29 is 9.53 Å². The Morgan fingerprint density at radius 3 is 2.34 bits per heavy atom. The predicted molar refractivity (Wildman–Crippen MR) is 116 cm³/mol. The van der Waals surface area contributed by atoms with E-state index in [1.165, 1.54) is 11.9 Å². The van der Waals surface area contributed by atoms with Gasteiger partial charge in [0.2, 0.25) is 0 Å². The van der Waals surface area contributed by atoms with Crippen molar-refractivity contribution in [2.24, 2.45) is 0 Å². The highest BCUT2D eigenvalue weighted by molar-refractivity contribution is 5.97. The Morgan fingerprint density at radius 1 is 1.03 bits per heavy atom. The monoisotopic (exact) mass is 391 g/mol. The van der Waals surface area contributed by atoms with Crippen molar-refractivity contribution >= 4 is 34.7 Å². The lowest BCUT2D eigenvalue weighted by Gasteiger charge is -2.15. The average Bonchev–Trinajstić information content (AvgIpc) is 2.72. The Morgan fingerprint density at radius 2 is 1.69 bits per heavy atom. The molecule has 3 aromatic rings. The molecule has 0 aliphatic carbocycles. The summed E-state index contributed by atoms with van der Waals surface area (Å²) in [5.74, 6) is 0.932. The molecule has 0 aliphatic heterocycles. The SMILES string of the molecule is CCOC(=O)c1ccccc1Nc1ncnc(Nc2ccc(C(C)C)cc2)c1N. The van der Waals surface area contributed by atoms with Gasteiger partial charge in [-0.3, -0.25) is 0 Å². The van der Waals surface area contributed by atoms with E-state index < -0.39 is 5.97 Å². The van der Waals surface area contributed by atoms with Gasteiger partial charge in [-0.1, -0.05) is 38.1 Å².